The number of rotatable bonds is 7. The summed E-state index contributed by atoms with van der Waals surface area (Å²) in [5.41, 5.74) is 1.99. The van der Waals surface area contributed by atoms with E-state index in [-0.39, 0.29) is 5.56 Å². The summed E-state index contributed by atoms with van der Waals surface area (Å²) in [6, 6.07) is 12.0. The highest BCUT2D eigenvalue weighted by Gasteiger charge is 2.09. The maximum atomic E-state index is 11.3. The van der Waals surface area contributed by atoms with Crippen molar-refractivity contribution in [2.75, 3.05) is 0 Å². The molecule has 0 fully saturated rings. The van der Waals surface area contributed by atoms with Crippen molar-refractivity contribution in [1.82, 2.24) is 9.97 Å². The molecular weight excluding hydrogens is 320 g/mol. The van der Waals surface area contributed by atoms with Gasteiger partial charge in [-0.05, 0) is 47.5 Å². The van der Waals surface area contributed by atoms with E-state index < -0.39 is 5.97 Å². The Morgan fingerprint density at radius 1 is 0.800 bits per heavy atom. The Morgan fingerprint density at radius 2 is 1.24 bits per heavy atom. The molecule has 6 heteroatoms. The Hall–Kier alpha value is -3.41. The van der Waals surface area contributed by atoms with E-state index >= 15 is 0 Å². The van der Waals surface area contributed by atoms with Gasteiger partial charge in [0.15, 0.2) is 0 Å². The zero-order valence-electron chi connectivity index (χ0n) is 13.3. The van der Waals surface area contributed by atoms with Gasteiger partial charge in [0.1, 0.15) is 24.7 Å². The normalized spacial score (nSPS) is 10.2. The molecule has 2 aromatic heterocycles. The number of carboxylic acid groups (broad SMARTS) is 1. The molecule has 0 aliphatic carbocycles. The molecule has 25 heavy (non-hydrogen) atoms. The molecule has 0 aliphatic rings. The largest absolute Gasteiger partial charge is 0.489 e. The number of ether oxygens (including phenoxy) is 2. The first-order valence-electron chi connectivity index (χ1n) is 7.62. The Labute approximate surface area is 144 Å². The van der Waals surface area contributed by atoms with Gasteiger partial charge in [-0.15, -0.1) is 0 Å². The number of hydrogen-bond donors (Lipinski definition) is 1. The summed E-state index contributed by atoms with van der Waals surface area (Å²) in [5.74, 6) is -0.175. The van der Waals surface area contributed by atoms with Crippen LogP contribution >= 0.6 is 0 Å². The lowest BCUT2D eigenvalue weighted by atomic mass is 10.2. The van der Waals surface area contributed by atoms with Crippen molar-refractivity contribution in [2.45, 2.75) is 13.2 Å². The Morgan fingerprint density at radius 3 is 1.64 bits per heavy atom. The van der Waals surface area contributed by atoms with Gasteiger partial charge in [0.2, 0.25) is 0 Å². The monoisotopic (exact) mass is 336 g/mol. The first-order valence-corrected chi connectivity index (χ1v) is 7.62. The van der Waals surface area contributed by atoms with E-state index in [1.165, 1.54) is 12.1 Å². The van der Waals surface area contributed by atoms with Gasteiger partial charge in [-0.25, -0.2) is 4.79 Å². The second-order valence-corrected chi connectivity index (χ2v) is 5.29. The molecule has 0 aliphatic heterocycles. The maximum Gasteiger partial charge on any atom is 0.335 e. The summed E-state index contributed by atoms with van der Waals surface area (Å²) in [5, 5.41) is 9.28. The molecule has 2 heterocycles. The summed E-state index contributed by atoms with van der Waals surface area (Å²) < 4.78 is 11.4. The Kier molecular flexibility index (Phi) is 5.21. The second-order valence-electron chi connectivity index (χ2n) is 5.29. The SMILES string of the molecule is O=C(O)c1cc(OCc2ccncc2)cc(OCc2ccncc2)c1. The highest BCUT2D eigenvalue weighted by molar-refractivity contribution is 5.88. The van der Waals surface area contributed by atoms with Crippen LogP contribution < -0.4 is 9.47 Å². The molecular formula is C19H16N2O4. The van der Waals surface area contributed by atoms with E-state index in [0.717, 1.165) is 11.1 Å². The van der Waals surface area contributed by atoms with Crippen molar-refractivity contribution in [2.24, 2.45) is 0 Å². The average Bonchev–Trinajstić information content (AvgIpc) is 2.66. The van der Waals surface area contributed by atoms with Crippen molar-refractivity contribution in [1.29, 1.82) is 0 Å². The molecule has 1 aromatic carbocycles. The number of pyridine rings is 2. The molecule has 0 spiro atoms. The summed E-state index contributed by atoms with van der Waals surface area (Å²) >= 11 is 0. The predicted octanol–water partition coefficient (Wildman–Crippen LogP) is 3.33. The quantitative estimate of drug-likeness (QED) is 0.713. The van der Waals surface area contributed by atoms with Gasteiger partial charge in [-0.2, -0.15) is 0 Å². The molecule has 0 amide bonds. The molecule has 126 valence electrons. The highest BCUT2D eigenvalue weighted by Crippen LogP contribution is 2.24. The standard InChI is InChI=1S/C19H16N2O4/c22-19(23)16-9-17(24-12-14-1-5-20-6-2-14)11-18(10-16)25-13-15-3-7-21-8-4-15/h1-11H,12-13H2,(H,22,23). The minimum Gasteiger partial charge on any atom is -0.489 e. The number of carboxylic acids is 1. The zero-order valence-corrected chi connectivity index (χ0v) is 13.3. The maximum absolute atomic E-state index is 11.3. The summed E-state index contributed by atoms with van der Waals surface area (Å²) in [6.45, 7) is 0.630. The lowest BCUT2D eigenvalue weighted by Gasteiger charge is -2.11. The van der Waals surface area contributed by atoms with Crippen molar-refractivity contribution >= 4 is 5.97 Å². The first kappa shape index (κ1) is 16.4. The molecule has 0 radical (unpaired) electrons. The van der Waals surface area contributed by atoms with Crippen LogP contribution in [0.15, 0.2) is 67.3 Å². The van der Waals surface area contributed by atoms with Crippen LogP contribution in [0.4, 0.5) is 0 Å². The number of nitrogens with zero attached hydrogens (tertiary/aromatic N) is 2. The van der Waals surface area contributed by atoms with Crippen molar-refractivity contribution in [3.63, 3.8) is 0 Å². The van der Waals surface area contributed by atoms with E-state index in [1.54, 1.807) is 30.9 Å². The minimum absolute atomic E-state index is 0.108. The molecule has 0 saturated heterocycles. The van der Waals surface area contributed by atoms with Crippen LogP contribution in [0.1, 0.15) is 21.5 Å². The van der Waals surface area contributed by atoms with E-state index in [9.17, 15) is 9.90 Å². The van der Waals surface area contributed by atoms with Crippen LogP contribution in [0, 0.1) is 0 Å². The van der Waals surface area contributed by atoms with Crippen molar-refractivity contribution < 1.29 is 19.4 Å². The van der Waals surface area contributed by atoms with Crippen molar-refractivity contribution in [3.8, 4) is 11.5 Å². The molecule has 3 rings (SSSR count). The Balaban J connectivity index is 1.73. The van der Waals surface area contributed by atoms with Crippen LogP contribution in [-0.2, 0) is 13.2 Å². The number of benzene rings is 1. The van der Waals surface area contributed by atoms with E-state index in [4.69, 9.17) is 9.47 Å². The van der Waals surface area contributed by atoms with E-state index in [2.05, 4.69) is 9.97 Å². The highest BCUT2D eigenvalue weighted by atomic mass is 16.5. The second kappa shape index (κ2) is 7.92. The Bertz CT molecular complexity index is 777. The van der Waals surface area contributed by atoms with Crippen LogP contribution in [0.5, 0.6) is 11.5 Å². The van der Waals surface area contributed by atoms with Gasteiger partial charge < -0.3 is 14.6 Å². The molecule has 3 aromatic rings. The fraction of sp³-hybridized carbons (Fsp3) is 0.105. The van der Waals surface area contributed by atoms with Crippen molar-refractivity contribution in [3.05, 3.63) is 83.9 Å². The van der Waals surface area contributed by atoms with Crippen LogP contribution in [0.3, 0.4) is 0 Å². The molecule has 0 unspecified atom stereocenters. The topological polar surface area (TPSA) is 81.5 Å². The smallest absolute Gasteiger partial charge is 0.335 e. The number of aromatic nitrogens is 2. The average molecular weight is 336 g/mol. The van der Waals surface area contributed by atoms with Crippen LogP contribution in [0.25, 0.3) is 0 Å². The molecule has 1 N–H and O–H groups in total. The van der Waals surface area contributed by atoms with E-state index in [1.807, 2.05) is 24.3 Å². The van der Waals surface area contributed by atoms with Gasteiger partial charge in [-0.1, -0.05) is 0 Å². The lowest BCUT2D eigenvalue weighted by Crippen LogP contribution is -2.02. The summed E-state index contributed by atoms with van der Waals surface area (Å²) in [6.07, 6.45) is 6.70. The third-order valence-electron chi connectivity index (χ3n) is 3.44. The van der Waals surface area contributed by atoms with Gasteiger partial charge >= 0.3 is 5.97 Å². The number of carbonyl (C=O) groups is 1. The molecule has 0 bridgehead atoms. The van der Waals surface area contributed by atoms with Crippen LogP contribution in [0.2, 0.25) is 0 Å². The number of hydrogen-bond acceptors (Lipinski definition) is 5. The predicted molar refractivity (Wildman–Crippen MR) is 90.5 cm³/mol. The van der Waals surface area contributed by atoms with Gasteiger partial charge in [-0.3, -0.25) is 9.97 Å². The molecule has 0 saturated carbocycles. The lowest BCUT2D eigenvalue weighted by molar-refractivity contribution is 0.0695. The molecule has 6 nitrogen and oxygen atoms in total. The summed E-state index contributed by atoms with van der Waals surface area (Å²) in [4.78, 5) is 19.2. The van der Waals surface area contributed by atoms with E-state index in [0.29, 0.717) is 24.7 Å². The van der Waals surface area contributed by atoms with Crippen LogP contribution in [-0.4, -0.2) is 21.0 Å². The van der Waals surface area contributed by atoms with Gasteiger partial charge in [0, 0.05) is 30.9 Å². The van der Waals surface area contributed by atoms with Gasteiger partial charge in [0.25, 0.3) is 0 Å². The molecule has 0 atom stereocenters. The fourth-order valence-corrected chi connectivity index (χ4v) is 2.15. The minimum atomic E-state index is -1.04. The van der Waals surface area contributed by atoms with Gasteiger partial charge in [0.05, 0.1) is 5.56 Å². The third kappa shape index (κ3) is 4.78. The summed E-state index contributed by atoms with van der Waals surface area (Å²) in [7, 11) is 0. The fourth-order valence-electron chi connectivity index (χ4n) is 2.15. The number of aromatic carboxylic acids is 1. The first-order chi connectivity index (χ1) is 12.2. The third-order valence-corrected chi connectivity index (χ3v) is 3.44. The zero-order chi connectivity index (χ0) is 17.5.